The first-order valence-electron chi connectivity index (χ1n) is 5.29. The van der Waals surface area contributed by atoms with Gasteiger partial charge in [-0.05, 0) is 34.1 Å². The van der Waals surface area contributed by atoms with Gasteiger partial charge in [0.1, 0.15) is 9.92 Å². The van der Waals surface area contributed by atoms with E-state index in [-0.39, 0.29) is 16.1 Å². The van der Waals surface area contributed by atoms with E-state index in [0.29, 0.717) is 9.50 Å². The molecule has 2 aromatic rings. The van der Waals surface area contributed by atoms with Crippen LogP contribution in [0.2, 0.25) is 0 Å². The molecule has 0 unspecified atom stereocenters. The van der Waals surface area contributed by atoms with Crippen LogP contribution in [-0.2, 0) is 0 Å². The number of carboxylic acid groups (broad SMARTS) is 1. The Bertz CT molecular complexity index is 661. The Hall–Kier alpha value is -1.93. The number of hydrogen-bond acceptors (Lipinski definition) is 5. The van der Waals surface area contributed by atoms with Crippen molar-refractivity contribution in [3.8, 4) is 0 Å². The number of benzene rings is 1. The lowest BCUT2D eigenvalue weighted by Gasteiger charge is -2.07. The second-order valence-electron chi connectivity index (χ2n) is 3.61. The molecular formula is C12H7BrN2O4S. The van der Waals surface area contributed by atoms with Crippen LogP contribution >= 0.6 is 27.7 Å². The molecule has 0 amide bonds. The third kappa shape index (κ3) is 2.97. The molecule has 0 atom stereocenters. The van der Waals surface area contributed by atoms with E-state index in [9.17, 15) is 14.9 Å². The van der Waals surface area contributed by atoms with Crippen LogP contribution in [0.1, 0.15) is 10.4 Å². The number of aromatic nitrogens is 1. The largest absolute Gasteiger partial charge is 0.478 e. The number of carboxylic acids is 1. The Balaban J connectivity index is 2.57. The molecule has 1 N–H and O–H groups in total. The zero-order chi connectivity index (χ0) is 14.7. The molecule has 102 valence electrons. The minimum atomic E-state index is -1.22. The highest BCUT2D eigenvalue weighted by Crippen LogP contribution is 2.39. The zero-order valence-electron chi connectivity index (χ0n) is 9.82. The van der Waals surface area contributed by atoms with Gasteiger partial charge in [-0.2, -0.15) is 0 Å². The maximum atomic E-state index is 11.2. The van der Waals surface area contributed by atoms with Crippen molar-refractivity contribution < 1.29 is 14.8 Å². The first kappa shape index (κ1) is 14.5. The average molecular weight is 355 g/mol. The van der Waals surface area contributed by atoms with Crippen molar-refractivity contribution >= 4 is 39.3 Å². The number of nitrogens with zero attached hydrogens (tertiary/aromatic N) is 2. The molecule has 1 aromatic carbocycles. The van der Waals surface area contributed by atoms with Gasteiger partial charge in [-0.25, -0.2) is 9.78 Å². The van der Waals surface area contributed by atoms with Gasteiger partial charge in [-0.1, -0.05) is 17.8 Å². The van der Waals surface area contributed by atoms with Crippen LogP contribution in [0.3, 0.4) is 0 Å². The smallest absolute Gasteiger partial charge is 0.337 e. The highest BCUT2D eigenvalue weighted by Gasteiger charge is 2.23. The number of hydrogen-bond donors (Lipinski definition) is 1. The van der Waals surface area contributed by atoms with Gasteiger partial charge in [0.05, 0.1) is 15.0 Å². The van der Waals surface area contributed by atoms with Crippen LogP contribution < -0.4 is 0 Å². The summed E-state index contributed by atoms with van der Waals surface area (Å²) in [5.41, 5.74) is -0.380. The van der Waals surface area contributed by atoms with Crippen LogP contribution in [0, 0.1) is 10.1 Å². The Labute approximate surface area is 126 Å². The van der Waals surface area contributed by atoms with Crippen molar-refractivity contribution in [3.05, 3.63) is 56.7 Å². The Morgan fingerprint density at radius 1 is 1.35 bits per heavy atom. The second-order valence-corrected chi connectivity index (χ2v) is 5.46. The topological polar surface area (TPSA) is 93.3 Å². The van der Waals surface area contributed by atoms with E-state index in [1.54, 1.807) is 12.1 Å². The molecule has 0 saturated heterocycles. The average Bonchev–Trinajstić information content (AvgIpc) is 2.41. The summed E-state index contributed by atoms with van der Waals surface area (Å²) in [7, 11) is 0. The van der Waals surface area contributed by atoms with Crippen LogP contribution in [0.25, 0.3) is 0 Å². The van der Waals surface area contributed by atoms with E-state index >= 15 is 0 Å². The lowest BCUT2D eigenvalue weighted by molar-refractivity contribution is -0.387. The molecule has 2 rings (SSSR count). The van der Waals surface area contributed by atoms with Gasteiger partial charge in [0, 0.05) is 12.3 Å². The molecule has 0 spiro atoms. The molecule has 0 saturated carbocycles. The highest BCUT2D eigenvalue weighted by atomic mass is 79.9. The molecule has 0 aliphatic carbocycles. The fourth-order valence-electron chi connectivity index (χ4n) is 1.49. The monoisotopic (exact) mass is 354 g/mol. The number of aromatic carboxylic acids is 1. The van der Waals surface area contributed by atoms with E-state index in [1.165, 1.54) is 24.4 Å². The maximum Gasteiger partial charge on any atom is 0.337 e. The Morgan fingerprint density at radius 3 is 2.70 bits per heavy atom. The lowest BCUT2D eigenvalue weighted by atomic mass is 10.2. The van der Waals surface area contributed by atoms with Crippen molar-refractivity contribution in [1.82, 2.24) is 4.98 Å². The van der Waals surface area contributed by atoms with Gasteiger partial charge in [-0.3, -0.25) is 10.1 Å². The van der Waals surface area contributed by atoms with Crippen LogP contribution in [-0.4, -0.2) is 21.0 Å². The van der Waals surface area contributed by atoms with Gasteiger partial charge in [0.2, 0.25) is 0 Å². The molecule has 8 heteroatoms. The number of pyridine rings is 1. The van der Waals surface area contributed by atoms with Crippen LogP contribution in [0.15, 0.2) is 50.9 Å². The lowest BCUT2D eigenvalue weighted by Crippen LogP contribution is -2.02. The number of rotatable bonds is 4. The Morgan fingerprint density at radius 2 is 2.10 bits per heavy atom. The molecular weight excluding hydrogens is 348 g/mol. The maximum absolute atomic E-state index is 11.2. The molecule has 6 nitrogen and oxygen atoms in total. The van der Waals surface area contributed by atoms with E-state index in [2.05, 4.69) is 20.9 Å². The SMILES string of the molecule is O=C(O)c1cccc([N+](=O)[O-])c1Sc1ncccc1Br. The predicted molar refractivity (Wildman–Crippen MR) is 76.1 cm³/mol. The molecule has 0 bridgehead atoms. The predicted octanol–water partition coefficient (Wildman–Crippen LogP) is 3.60. The van der Waals surface area contributed by atoms with Gasteiger partial charge in [0.15, 0.2) is 0 Å². The summed E-state index contributed by atoms with van der Waals surface area (Å²) in [6.07, 6.45) is 1.53. The number of carbonyl (C=O) groups is 1. The zero-order valence-corrected chi connectivity index (χ0v) is 12.2. The van der Waals surface area contributed by atoms with Crippen molar-refractivity contribution in [3.63, 3.8) is 0 Å². The van der Waals surface area contributed by atoms with Gasteiger partial charge in [0.25, 0.3) is 5.69 Å². The molecule has 20 heavy (non-hydrogen) atoms. The van der Waals surface area contributed by atoms with Gasteiger partial charge < -0.3 is 5.11 Å². The third-order valence-corrected chi connectivity index (χ3v) is 4.40. The van der Waals surface area contributed by atoms with E-state index in [0.717, 1.165) is 11.8 Å². The molecule has 1 aromatic heterocycles. The molecule has 0 radical (unpaired) electrons. The van der Waals surface area contributed by atoms with Crippen molar-refractivity contribution in [1.29, 1.82) is 0 Å². The van der Waals surface area contributed by atoms with Crippen LogP contribution in [0.5, 0.6) is 0 Å². The van der Waals surface area contributed by atoms with Crippen molar-refractivity contribution in [2.45, 2.75) is 9.92 Å². The minimum Gasteiger partial charge on any atom is -0.478 e. The highest BCUT2D eigenvalue weighted by molar-refractivity contribution is 9.10. The minimum absolute atomic E-state index is 0.0596. The summed E-state index contributed by atoms with van der Waals surface area (Å²) in [6.45, 7) is 0. The first-order chi connectivity index (χ1) is 9.50. The number of nitro groups is 1. The molecule has 1 heterocycles. The second kappa shape index (κ2) is 6.02. The quantitative estimate of drug-likeness (QED) is 0.665. The summed E-state index contributed by atoms with van der Waals surface area (Å²) in [5.74, 6) is -1.22. The summed E-state index contributed by atoms with van der Waals surface area (Å²) < 4.78 is 0.638. The van der Waals surface area contributed by atoms with E-state index < -0.39 is 10.9 Å². The van der Waals surface area contributed by atoms with Gasteiger partial charge >= 0.3 is 5.97 Å². The summed E-state index contributed by atoms with van der Waals surface area (Å²) >= 11 is 4.22. The summed E-state index contributed by atoms with van der Waals surface area (Å²) in [5, 5.41) is 20.7. The fraction of sp³-hybridized carbons (Fsp3) is 0. The number of nitro benzene ring substituents is 1. The van der Waals surface area contributed by atoms with Crippen LogP contribution in [0.4, 0.5) is 5.69 Å². The molecule has 0 aliphatic rings. The fourth-order valence-corrected chi connectivity index (χ4v) is 2.97. The Kier molecular flexibility index (Phi) is 4.35. The van der Waals surface area contributed by atoms with Crippen molar-refractivity contribution in [2.75, 3.05) is 0 Å². The summed E-state index contributed by atoms with van der Waals surface area (Å²) in [4.78, 5) is 25.8. The normalized spacial score (nSPS) is 10.2. The molecule has 0 aliphatic heterocycles. The third-order valence-electron chi connectivity index (χ3n) is 2.34. The standard InChI is InChI=1S/C12H7BrN2O4S/c13-8-4-2-6-14-11(8)20-10-7(12(16)17)3-1-5-9(10)15(18)19/h1-6H,(H,16,17). The van der Waals surface area contributed by atoms with E-state index in [1.807, 2.05) is 0 Å². The van der Waals surface area contributed by atoms with Gasteiger partial charge in [-0.15, -0.1) is 0 Å². The number of halogens is 1. The van der Waals surface area contributed by atoms with E-state index in [4.69, 9.17) is 5.11 Å². The van der Waals surface area contributed by atoms with Crippen molar-refractivity contribution in [2.24, 2.45) is 0 Å². The first-order valence-corrected chi connectivity index (χ1v) is 6.90. The molecule has 0 fully saturated rings. The summed E-state index contributed by atoms with van der Waals surface area (Å²) in [6, 6.07) is 7.37.